The van der Waals surface area contributed by atoms with Crippen LogP contribution in [-0.2, 0) is 11.2 Å². The third-order valence-electron chi connectivity index (χ3n) is 2.51. The maximum Gasteiger partial charge on any atom is 0.137 e. The highest BCUT2D eigenvalue weighted by Crippen LogP contribution is 2.17. The van der Waals surface area contributed by atoms with Crippen LogP contribution in [0.5, 0.6) is 0 Å². The lowest BCUT2D eigenvalue weighted by atomic mass is 10.1. The Labute approximate surface area is 111 Å². The van der Waals surface area contributed by atoms with Crippen LogP contribution in [0.2, 0.25) is 0 Å². The Hall–Kier alpha value is -0.450. The first kappa shape index (κ1) is 14.6. The van der Waals surface area contributed by atoms with E-state index < -0.39 is 0 Å². The molecule has 17 heavy (non-hydrogen) atoms. The Morgan fingerprint density at radius 1 is 1.41 bits per heavy atom. The van der Waals surface area contributed by atoms with Crippen LogP contribution in [0.4, 0.5) is 4.39 Å². The van der Waals surface area contributed by atoms with Crippen molar-refractivity contribution in [3.05, 3.63) is 34.1 Å². The van der Waals surface area contributed by atoms with E-state index in [0.717, 1.165) is 12.0 Å². The van der Waals surface area contributed by atoms with Crippen molar-refractivity contribution < 1.29 is 9.13 Å². The third-order valence-corrected chi connectivity index (χ3v) is 3.11. The highest BCUT2D eigenvalue weighted by molar-refractivity contribution is 9.10. The molecule has 0 heterocycles. The van der Waals surface area contributed by atoms with E-state index in [1.165, 1.54) is 6.07 Å². The van der Waals surface area contributed by atoms with Crippen molar-refractivity contribution >= 4 is 15.9 Å². The van der Waals surface area contributed by atoms with Crippen molar-refractivity contribution in [2.45, 2.75) is 32.4 Å². The summed E-state index contributed by atoms with van der Waals surface area (Å²) in [7, 11) is 1.91. The molecule has 0 aliphatic carbocycles. The molecule has 0 fully saturated rings. The molecule has 1 aromatic rings. The average Bonchev–Trinajstić information content (AvgIpc) is 2.28. The fraction of sp³-hybridized carbons (Fsp3) is 0.538. The minimum absolute atomic E-state index is 0.228. The predicted molar refractivity (Wildman–Crippen MR) is 71.7 cm³/mol. The molecule has 1 unspecified atom stereocenters. The predicted octanol–water partition coefficient (Wildman–Crippen LogP) is 3.14. The standard InChI is InChI=1S/C13H19BrFNO/c1-9(2)17-8-11(16-3)6-10-4-5-13(15)12(14)7-10/h4-5,7,9,11,16H,6,8H2,1-3H3. The first-order chi connectivity index (χ1) is 8.02. The van der Waals surface area contributed by atoms with E-state index in [1.807, 2.05) is 27.0 Å². The monoisotopic (exact) mass is 303 g/mol. The average molecular weight is 304 g/mol. The second-order valence-corrected chi connectivity index (χ2v) is 5.17. The summed E-state index contributed by atoms with van der Waals surface area (Å²) in [5, 5.41) is 3.21. The van der Waals surface area contributed by atoms with Gasteiger partial charge in [0.05, 0.1) is 17.2 Å². The van der Waals surface area contributed by atoms with Gasteiger partial charge in [-0.25, -0.2) is 4.39 Å². The Morgan fingerprint density at radius 3 is 2.65 bits per heavy atom. The van der Waals surface area contributed by atoms with Gasteiger partial charge in [-0.2, -0.15) is 0 Å². The third kappa shape index (κ3) is 5.15. The van der Waals surface area contributed by atoms with Crippen LogP contribution in [0.25, 0.3) is 0 Å². The molecule has 0 radical (unpaired) electrons. The molecule has 0 saturated carbocycles. The zero-order valence-corrected chi connectivity index (χ0v) is 12.1. The maximum atomic E-state index is 13.1. The van der Waals surface area contributed by atoms with E-state index in [4.69, 9.17) is 4.74 Å². The first-order valence-electron chi connectivity index (χ1n) is 5.75. The molecule has 1 rings (SSSR count). The van der Waals surface area contributed by atoms with Crippen LogP contribution in [0.3, 0.4) is 0 Å². The van der Waals surface area contributed by atoms with Crippen molar-refractivity contribution in [1.29, 1.82) is 0 Å². The molecule has 0 spiro atoms. The summed E-state index contributed by atoms with van der Waals surface area (Å²) in [5.41, 5.74) is 1.09. The molecule has 0 saturated heterocycles. The van der Waals surface area contributed by atoms with E-state index in [9.17, 15) is 4.39 Å². The van der Waals surface area contributed by atoms with Crippen molar-refractivity contribution in [2.24, 2.45) is 0 Å². The quantitative estimate of drug-likeness (QED) is 0.872. The molecule has 0 aliphatic heterocycles. The van der Waals surface area contributed by atoms with Crippen LogP contribution < -0.4 is 5.32 Å². The number of ether oxygens (including phenoxy) is 1. The molecule has 0 aliphatic rings. The van der Waals surface area contributed by atoms with Crippen LogP contribution in [-0.4, -0.2) is 25.8 Å². The lowest BCUT2D eigenvalue weighted by Crippen LogP contribution is -2.33. The van der Waals surface area contributed by atoms with E-state index in [0.29, 0.717) is 11.1 Å². The van der Waals surface area contributed by atoms with Crippen molar-refractivity contribution in [1.82, 2.24) is 5.32 Å². The summed E-state index contributed by atoms with van der Waals surface area (Å²) in [6.07, 6.45) is 1.05. The van der Waals surface area contributed by atoms with E-state index in [-0.39, 0.29) is 18.0 Å². The number of rotatable bonds is 6. The van der Waals surface area contributed by atoms with Gasteiger partial charge in [0.25, 0.3) is 0 Å². The van der Waals surface area contributed by atoms with Gasteiger partial charge in [0.15, 0.2) is 0 Å². The van der Waals surface area contributed by atoms with Crippen LogP contribution in [0.15, 0.2) is 22.7 Å². The molecule has 1 atom stereocenters. The summed E-state index contributed by atoms with van der Waals surface area (Å²) >= 11 is 3.19. The second-order valence-electron chi connectivity index (χ2n) is 4.32. The summed E-state index contributed by atoms with van der Waals surface area (Å²) in [5.74, 6) is -0.229. The SMILES string of the molecule is CNC(COC(C)C)Cc1ccc(F)c(Br)c1. The molecule has 0 amide bonds. The van der Waals surface area contributed by atoms with Gasteiger partial charge < -0.3 is 10.1 Å². The largest absolute Gasteiger partial charge is 0.377 e. The molecular weight excluding hydrogens is 285 g/mol. The minimum Gasteiger partial charge on any atom is -0.377 e. The highest BCUT2D eigenvalue weighted by Gasteiger charge is 2.10. The molecular formula is C13H19BrFNO. The Bertz CT molecular complexity index is 357. The van der Waals surface area contributed by atoms with E-state index in [1.54, 1.807) is 6.07 Å². The molecule has 0 aromatic heterocycles. The molecule has 1 aromatic carbocycles. The van der Waals surface area contributed by atoms with Crippen LogP contribution >= 0.6 is 15.9 Å². The maximum absolute atomic E-state index is 13.1. The minimum atomic E-state index is -0.229. The van der Waals surface area contributed by atoms with Crippen LogP contribution in [0.1, 0.15) is 19.4 Å². The van der Waals surface area contributed by atoms with Gasteiger partial charge in [0.2, 0.25) is 0 Å². The number of hydrogen-bond acceptors (Lipinski definition) is 2. The van der Waals surface area contributed by atoms with Gasteiger partial charge in [-0.15, -0.1) is 0 Å². The van der Waals surface area contributed by atoms with Crippen molar-refractivity contribution in [3.63, 3.8) is 0 Å². The van der Waals surface area contributed by atoms with Crippen molar-refractivity contribution in [2.75, 3.05) is 13.7 Å². The molecule has 96 valence electrons. The zero-order chi connectivity index (χ0) is 12.8. The Balaban J connectivity index is 2.57. The fourth-order valence-corrected chi connectivity index (χ4v) is 1.93. The first-order valence-corrected chi connectivity index (χ1v) is 6.55. The van der Waals surface area contributed by atoms with E-state index >= 15 is 0 Å². The summed E-state index contributed by atoms with van der Waals surface area (Å²) in [6, 6.07) is 5.35. The molecule has 4 heteroatoms. The summed E-state index contributed by atoms with van der Waals surface area (Å²) in [6.45, 7) is 4.69. The molecule has 0 bridgehead atoms. The topological polar surface area (TPSA) is 21.3 Å². The molecule has 1 N–H and O–H groups in total. The number of likely N-dealkylation sites (N-methyl/N-ethyl adjacent to an activating group) is 1. The highest BCUT2D eigenvalue weighted by atomic mass is 79.9. The van der Waals surface area contributed by atoms with Crippen LogP contribution in [0, 0.1) is 5.82 Å². The Kier molecular flexibility index (Phi) is 6.09. The molecule has 2 nitrogen and oxygen atoms in total. The lowest BCUT2D eigenvalue weighted by Gasteiger charge is -2.18. The van der Waals surface area contributed by atoms with E-state index in [2.05, 4.69) is 21.2 Å². The second kappa shape index (κ2) is 7.09. The van der Waals surface area contributed by atoms with Crippen molar-refractivity contribution in [3.8, 4) is 0 Å². The number of halogens is 2. The van der Waals surface area contributed by atoms with Gasteiger partial charge in [0, 0.05) is 6.04 Å². The number of benzene rings is 1. The van der Waals surface area contributed by atoms with Gasteiger partial charge >= 0.3 is 0 Å². The van der Waals surface area contributed by atoms with Gasteiger partial charge in [0.1, 0.15) is 5.82 Å². The van der Waals surface area contributed by atoms with Gasteiger partial charge in [-0.1, -0.05) is 6.07 Å². The Morgan fingerprint density at radius 2 is 2.12 bits per heavy atom. The number of nitrogens with one attached hydrogen (secondary N) is 1. The lowest BCUT2D eigenvalue weighted by molar-refractivity contribution is 0.0628. The normalized spacial score (nSPS) is 13.1. The van der Waals surface area contributed by atoms with Gasteiger partial charge in [-0.05, 0) is 60.9 Å². The smallest absolute Gasteiger partial charge is 0.137 e. The summed E-state index contributed by atoms with van der Waals surface area (Å²) < 4.78 is 19.2. The summed E-state index contributed by atoms with van der Waals surface area (Å²) in [4.78, 5) is 0. The number of hydrogen-bond donors (Lipinski definition) is 1. The fourth-order valence-electron chi connectivity index (χ4n) is 1.50. The zero-order valence-electron chi connectivity index (χ0n) is 10.5. The van der Waals surface area contributed by atoms with Gasteiger partial charge in [-0.3, -0.25) is 0 Å².